The smallest absolute Gasteiger partial charge is 0.278 e. The van der Waals surface area contributed by atoms with Crippen LogP contribution in [0.25, 0.3) is 28.3 Å². The summed E-state index contributed by atoms with van der Waals surface area (Å²) in [7, 11) is 0. The molecule has 6 nitrogen and oxygen atoms in total. The lowest BCUT2D eigenvalue weighted by atomic mass is 10.1. The highest BCUT2D eigenvalue weighted by molar-refractivity contribution is 5.71. The summed E-state index contributed by atoms with van der Waals surface area (Å²) in [6.07, 6.45) is 4.86. The molecule has 0 unspecified atom stereocenters. The molecule has 0 atom stereocenters. The lowest BCUT2D eigenvalue weighted by Gasteiger charge is -2.13. The Kier molecular flexibility index (Phi) is 4.05. The van der Waals surface area contributed by atoms with Gasteiger partial charge < -0.3 is 9.40 Å². The molecule has 0 saturated carbocycles. The van der Waals surface area contributed by atoms with E-state index in [9.17, 15) is 9.18 Å². The van der Waals surface area contributed by atoms with Gasteiger partial charge in [-0.1, -0.05) is 30.3 Å². The van der Waals surface area contributed by atoms with Crippen molar-refractivity contribution in [3.05, 3.63) is 101 Å². The van der Waals surface area contributed by atoms with Gasteiger partial charge in [-0.05, 0) is 29.8 Å². The molecule has 0 aliphatic carbocycles. The average Bonchev–Trinajstić information content (AvgIpc) is 3.37. The molecular weight excluding hydrogens is 371 g/mol. The minimum absolute atomic E-state index is 0.241. The highest BCUT2D eigenvalue weighted by Gasteiger charge is 2.23. The number of nitrogens with zero attached hydrogens (tertiary/aromatic N) is 3. The number of rotatable bonds is 4. The van der Waals surface area contributed by atoms with Crippen LogP contribution >= 0.6 is 0 Å². The molecule has 0 spiro atoms. The summed E-state index contributed by atoms with van der Waals surface area (Å²) >= 11 is 0. The van der Waals surface area contributed by atoms with Crippen LogP contribution in [-0.4, -0.2) is 19.5 Å². The van der Waals surface area contributed by atoms with Gasteiger partial charge >= 0.3 is 0 Å². The van der Waals surface area contributed by atoms with Gasteiger partial charge in [-0.15, -0.1) is 0 Å². The van der Waals surface area contributed by atoms with Crippen LogP contribution in [0.4, 0.5) is 4.39 Å². The van der Waals surface area contributed by atoms with Gasteiger partial charge in [0.25, 0.3) is 5.56 Å². The Hall–Kier alpha value is -4.00. The topological polar surface area (TPSA) is 76.7 Å². The second kappa shape index (κ2) is 6.87. The van der Waals surface area contributed by atoms with Gasteiger partial charge in [0, 0.05) is 12.4 Å². The van der Waals surface area contributed by atoms with Gasteiger partial charge in [-0.25, -0.2) is 9.97 Å². The number of benzene rings is 1. The molecule has 0 bridgehead atoms. The number of halogens is 1. The van der Waals surface area contributed by atoms with E-state index in [0.717, 1.165) is 5.56 Å². The van der Waals surface area contributed by atoms with Crippen LogP contribution < -0.4 is 5.56 Å². The van der Waals surface area contributed by atoms with Crippen LogP contribution in [-0.2, 0) is 6.42 Å². The van der Waals surface area contributed by atoms with Crippen molar-refractivity contribution in [3.63, 3.8) is 0 Å². The molecule has 2 aromatic heterocycles. The molecule has 1 aromatic carbocycles. The molecule has 29 heavy (non-hydrogen) atoms. The van der Waals surface area contributed by atoms with E-state index in [1.807, 2.05) is 30.3 Å². The fourth-order valence-electron chi connectivity index (χ4n) is 3.33. The van der Waals surface area contributed by atoms with Gasteiger partial charge in [0.1, 0.15) is 11.5 Å². The summed E-state index contributed by atoms with van der Waals surface area (Å²) < 4.78 is 21.3. The lowest BCUT2D eigenvalue weighted by molar-refractivity contribution is 0.519. The Morgan fingerprint density at radius 3 is 2.69 bits per heavy atom. The predicted octanol–water partition coefficient (Wildman–Crippen LogP) is 4.05. The Labute approximate surface area is 164 Å². The number of fused-ring (bicyclic) bond motifs is 1. The maximum atomic E-state index is 14.5. The van der Waals surface area contributed by atoms with Crippen molar-refractivity contribution in [2.75, 3.05) is 0 Å². The first-order chi connectivity index (χ1) is 14.2. The van der Waals surface area contributed by atoms with Gasteiger partial charge in [0.2, 0.25) is 5.95 Å². The van der Waals surface area contributed by atoms with Gasteiger partial charge in [-0.2, -0.15) is 4.39 Å². The summed E-state index contributed by atoms with van der Waals surface area (Å²) in [4.78, 5) is 24.5. The third-order valence-corrected chi connectivity index (χ3v) is 4.71. The van der Waals surface area contributed by atoms with E-state index in [2.05, 4.69) is 15.0 Å². The van der Waals surface area contributed by atoms with Crippen molar-refractivity contribution in [1.29, 1.82) is 0 Å². The SMILES string of the molecule is O=c1c(Cc2ccco2)nc2c(-c3cccnc3F)[nH]c(-c3ccccc3)cn1-2. The number of aromatic amines is 1. The third-order valence-electron chi connectivity index (χ3n) is 4.71. The molecule has 1 N–H and O–H groups in total. The number of hydrogen-bond donors (Lipinski definition) is 1. The van der Waals surface area contributed by atoms with E-state index in [0.29, 0.717) is 28.7 Å². The zero-order chi connectivity index (χ0) is 19.8. The predicted molar refractivity (Wildman–Crippen MR) is 106 cm³/mol. The molecular formula is C22H15FN4O2. The number of pyridine rings is 1. The average molecular weight is 386 g/mol. The zero-order valence-corrected chi connectivity index (χ0v) is 15.2. The molecule has 7 heteroatoms. The Balaban J connectivity index is 1.77. The second-order valence-corrected chi connectivity index (χ2v) is 6.56. The first-order valence-corrected chi connectivity index (χ1v) is 9.03. The number of nitrogens with one attached hydrogen (secondary N) is 1. The van der Waals surface area contributed by atoms with Crippen molar-refractivity contribution in [1.82, 2.24) is 19.5 Å². The molecule has 0 radical (unpaired) electrons. The summed E-state index contributed by atoms with van der Waals surface area (Å²) in [6.45, 7) is 0. The number of imidazole rings is 1. The van der Waals surface area contributed by atoms with Crippen LogP contribution in [0.2, 0.25) is 0 Å². The Morgan fingerprint density at radius 1 is 1.07 bits per heavy atom. The Bertz CT molecular complexity index is 1310. The van der Waals surface area contributed by atoms with Crippen LogP contribution in [0.15, 0.2) is 82.5 Å². The largest absolute Gasteiger partial charge is 0.469 e. The van der Waals surface area contributed by atoms with Crippen LogP contribution in [0, 0.1) is 5.95 Å². The first-order valence-electron chi connectivity index (χ1n) is 9.03. The molecule has 142 valence electrons. The summed E-state index contributed by atoms with van der Waals surface area (Å²) in [5, 5.41) is 0. The molecule has 0 saturated heterocycles. The highest BCUT2D eigenvalue weighted by atomic mass is 19.1. The van der Waals surface area contributed by atoms with E-state index in [4.69, 9.17) is 4.42 Å². The van der Waals surface area contributed by atoms with E-state index in [1.165, 1.54) is 10.8 Å². The monoisotopic (exact) mass is 386 g/mol. The normalized spacial score (nSPS) is 11.2. The first kappa shape index (κ1) is 17.1. The van der Waals surface area contributed by atoms with Crippen LogP contribution in [0.1, 0.15) is 11.5 Å². The minimum Gasteiger partial charge on any atom is -0.469 e. The molecule has 2 aliphatic rings. The minimum atomic E-state index is -0.640. The number of H-pyrrole nitrogens is 1. The van der Waals surface area contributed by atoms with E-state index >= 15 is 0 Å². The summed E-state index contributed by atoms with van der Waals surface area (Å²) in [5.41, 5.74) is 2.21. The molecule has 5 rings (SSSR count). The molecule has 3 aromatic rings. The molecule has 0 amide bonds. The van der Waals surface area contributed by atoms with Gasteiger partial charge in [0.15, 0.2) is 5.82 Å². The Morgan fingerprint density at radius 2 is 1.93 bits per heavy atom. The van der Waals surface area contributed by atoms with Crippen molar-refractivity contribution in [2.45, 2.75) is 6.42 Å². The van der Waals surface area contributed by atoms with Crippen molar-refractivity contribution < 1.29 is 8.81 Å². The fraction of sp³-hybridized carbons (Fsp3) is 0.0455. The standard InChI is InChI=1S/C22H15FN4O2/c23-20-16(9-4-10-24-20)19-21-26-17(12-15-8-5-11-29-15)22(28)27(21)13-18(25-19)14-6-2-1-3-7-14/h1-11,13,25H,12H2. The quantitative estimate of drug-likeness (QED) is 0.473. The van der Waals surface area contributed by atoms with E-state index in [-0.39, 0.29) is 17.5 Å². The number of hydrogen-bond acceptors (Lipinski definition) is 4. The van der Waals surface area contributed by atoms with E-state index in [1.54, 1.807) is 36.7 Å². The lowest BCUT2D eigenvalue weighted by Crippen LogP contribution is -2.17. The number of aromatic nitrogens is 4. The van der Waals surface area contributed by atoms with Crippen molar-refractivity contribution in [3.8, 4) is 28.3 Å². The van der Waals surface area contributed by atoms with Crippen LogP contribution in [0.3, 0.4) is 0 Å². The van der Waals surface area contributed by atoms with Crippen LogP contribution in [0.5, 0.6) is 0 Å². The summed E-state index contributed by atoms with van der Waals surface area (Å²) in [6, 6.07) is 16.3. The highest BCUT2D eigenvalue weighted by Crippen LogP contribution is 2.29. The van der Waals surface area contributed by atoms with E-state index < -0.39 is 5.95 Å². The molecule has 2 aliphatic heterocycles. The number of furan rings is 1. The molecule has 0 fully saturated rings. The molecule has 4 heterocycles. The van der Waals surface area contributed by atoms with Crippen molar-refractivity contribution in [2.24, 2.45) is 0 Å². The third kappa shape index (κ3) is 3.02. The van der Waals surface area contributed by atoms with Crippen molar-refractivity contribution >= 4 is 0 Å². The maximum Gasteiger partial charge on any atom is 0.278 e. The maximum absolute atomic E-state index is 14.5. The van der Waals surface area contributed by atoms with Gasteiger partial charge in [0.05, 0.1) is 29.6 Å². The fourth-order valence-corrected chi connectivity index (χ4v) is 3.33. The summed E-state index contributed by atoms with van der Waals surface area (Å²) in [5.74, 6) is 0.328. The zero-order valence-electron chi connectivity index (χ0n) is 15.2. The second-order valence-electron chi connectivity index (χ2n) is 6.56. The van der Waals surface area contributed by atoms with Gasteiger partial charge in [-0.3, -0.25) is 9.36 Å².